The van der Waals surface area contributed by atoms with E-state index in [4.69, 9.17) is 31.5 Å². The molecule has 100 valence electrons. The zero-order valence-corrected chi connectivity index (χ0v) is 11.8. The lowest BCUT2D eigenvalue weighted by atomic mass is 9.83. The Kier molecular flexibility index (Phi) is 5.31. The van der Waals surface area contributed by atoms with Crippen LogP contribution in [-0.4, -0.2) is 41.9 Å². The summed E-state index contributed by atoms with van der Waals surface area (Å²) < 4.78 is 16.4. The van der Waals surface area contributed by atoms with Crippen molar-refractivity contribution in [1.29, 1.82) is 0 Å². The minimum atomic E-state index is -0.364. The van der Waals surface area contributed by atoms with Crippen molar-refractivity contribution in [2.24, 2.45) is 5.41 Å². The lowest BCUT2D eigenvalue weighted by Gasteiger charge is -2.39. The van der Waals surface area contributed by atoms with Gasteiger partial charge in [-0.15, -0.1) is 0 Å². The van der Waals surface area contributed by atoms with Gasteiger partial charge < -0.3 is 19.3 Å². The summed E-state index contributed by atoms with van der Waals surface area (Å²) in [5.74, 6) is 0. The summed E-state index contributed by atoms with van der Waals surface area (Å²) in [6.07, 6.45) is 0.440. The summed E-state index contributed by atoms with van der Waals surface area (Å²) in [5, 5.41) is 9.67. The zero-order valence-electron chi connectivity index (χ0n) is 10.9. The second kappa shape index (κ2) is 6.09. The second-order valence-electron chi connectivity index (χ2n) is 5.16. The third-order valence-electron chi connectivity index (χ3n) is 2.93. The van der Waals surface area contributed by atoms with Crippen molar-refractivity contribution in [3.8, 4) is 0 Å². The van der Waals surface area contributed by atoms with Crippen molar-refractivity contribution < 1.29 is 19.3 Å². The number of hydrogen-bond acceptors (Lipinski definition) is 5. The van der Waals surface area contributed by atoms with Crippen LogP contribution < -0.4 is 0 Å². The molecule has 0 aromatic heterocycles. The standard InChI is InChI=1S/C12H22O4S/c1-8(2)16-11(17)12(3,4)10-5-9(6-13)14-7-15-10/h8-10,13H,5-7H2,1-4H3/t9-,10+/m0/s1. The molecule has 0 amide bonds. The number of aliphatic hydroxyl groups excluding tert-OH is 1. The molecule has 5 heteroatoms. The number of ether oxygens (including phenoxy) is 3. The first-order valence-electron chi connectivity index (χ1n) is 5.93. The highest BCUT2D eigenvalue weighted by atomic mass is 32.1. The molecule has 1 heterocycles. The summed E-state index contributed by atoms with van der Waals surface area (Å²) in [6.45, 7) is 8.11. The van der Waals surface area contributed by atoms with E-state index in [1.54, 1.807) is 0 Å². The predicted octanol–water partition coefficient (Wildman–Crippen LogP) is 1.89. The Hall–Kier alpha value is -0.230. The molecule has 1 N–H and O–H groups in total. The fourth-order valence-electron chi connectivity index (χ4n) is 1.72. The van der Waals surface area contributed by atoms with E-state index in [0.29, 0.717) is 11.5 Å². The lowest BCUT2D eigenvalue weighted by molar-refractivity contribution is -0.202. The largest absolute Gasteiger partial charge is 0.484 e. The summed E-state index contributed by atoms with van der Waals surface area (Å²) >= 11 is 5.32. The van der Waals surface area contributed by atoms with E-state index >= 15 is 0 Å². The molecule has 2 atom stereocenters. The average Bonchev–Trinajstić information content (AvgIpc) is 2.28. The van der Waals surface area contributed by atoms with Crippen LogP contribution in [-0.2, 0) is 14.2 Å². The first-order chi connectivity index (χ1) is 7.87. The molecule has 0 radical (unpaired) electrons. The maximum absolute atomic E-state index is 9.11. The molecule has 4 nitrogen and oxygen atoms in total. The topological polar surface area (TPSA) is 47.9 Å². The minimum Gasteiger partial charge on any atom is -0.484 e. The minimum absolute atomic E-state index is 0.00768. The van der Waals surface area contributed by atoms with E-state index < -0.39 is 0 Å². The molecule has 17 heavy (non-hydrogen) atoms. The second-order valence-corrected chi connectivity index (χ2v) is 5.53. The number of hydrogen-bond donors (Lipinski definition) is 1. The van der Waals surface area contributed by atoms with Crippen LogP contribution in [0.1, 0.15) is 34.1 Å². The Balaban J connectivity index is 2.65. The smallest absolute Gasteiger partial charge is 0.168 e. The summed E-state index contributed by atoms with van der Waals surface area (Å²) in [6, 6.07) is 0. The van der Waals surface area contributed by atoms with Gasteiger partial charge in [0.1, 0.15) is 6.79 Å². The van der Waals surface area contributed by atoms with Crippen LogP contribution in [0.3, 0.4) is 0 Å². The molecule has 1 fully saturated rings. The Morgan fingerprint density at radius 3 is 2.65 bits per heavy atom. The van der Waals surface area contributed by atoms with Crippen LogP contribution in [0.15, 0.2) is 0 Å². The van der Waals surface area contributed by atoms with Crippen molar-refractivity contribution in [1.82, 2.24) is 0 Å². The van der Waals surface area contributed by atoms with Gasteiger partial charge in [-0.25, -0.2) is 0 Å². The van der Waals surface area contributed by atoms with Crippen molar-refractivity contribution >= 4 is 17.3 Å². The normalized spacial score (nSPS) is 26.0. The van der Waals surface area contributed by atoms with E-state index in [0.717, 1.165) is 0 Å². The van der Waals surface area contributed by atoms with E-state index in [2.05, 4.69) is 0 Å². The highest BCUT2D eigenvalue weighted by Gasteiger charge is 2.40. The molecule has 0 aromatic carbocycles. The van der Waals surface area contributed by atoms with E-state index in [9.17, 15) is 0 Å². The molecule has 1 saturated heterocycles. The van der Waals surface area contributed by atoms with Gasteiger partial charge in [-0.2, -0.15) is 0 Å². The first kappa shape index (κ1) is 14.8. The number of thiocarbonyl (C=S) groups is 1. The third kappa shape index (κ3) is 3.88. The molecule has 0 saturated carbocycles. The van der Waals surface area contributed by atoms with Crippen molar-refractivity contribution in [2.45, 2.75) is 52.4 Å². The quantitative estimate of drug-likeness (QED) is 0.784. The average molecular weight is 262 g/mol. The van der Waals surface area contributed by atoms with E-state index in [-0.39, 0.29) is 37.1 Å². The monoisotopic (exact) mass is 262 g/mol. The SMILES string of the molecule is CC(C)OC(=S)C(C)(C)[C@H]1C[C@@H](CO)OCO1. The van der Waals surface area contributed by atoms with Crippen molar-refractivity contribution in [3.63, 3.8) is 0 Å². The maximum atomic E-state index is 9.11. The van der Waals surface area contributed by atoms with Crippen LogP contribution >= 0.6 is 12.2 Å². The lowest BCUT2D eigenvalue weighted by Crippen LogP contribution is -2.46. The van der Waals surface area contributed by atoms with Gasteiger partial charge in [-0.3, -0.25) is 0 Å². The Labute approximate surface area is 108 Å². The molecule has 0 aromatic rings. The van der Waals surface area contributed by atoms with Gasteiger partial charge in [0.15, 0.2) is 5.05 Å². The molecule has 0 unspecified atom stereocenters. The molecule has 1 rings (SSSR count). The van der Waals surface area contributed by atoms with Crippen LogP contribution in [0.25, 0.3) is 0 Å². The molecule has 0 bridgehead atoms. The summed E-state index contributed by atoms with van der Waals surface area (Å²) in [4.78, 5) is 0. The molecule has 0 spiro atoms. The Bertz CT molecular complexity index is 265. The van der Waals surface area contributed by atoms with E-state index in [1.807, 2.05) is 27.7 Å². The van der Waals surface area contributed by atoms with Crippen molar-refractivity contribution in [2.75, 3.05) is 13.4 Å². The van der Waals surface area contributed by atoms with Crippen molar-refractivity contribution in [3.05, 3.63) is 0 Å². The predicted molar refractivity (Wildman–Crippen MR) is 68.9 cm³/mol. The van der Waals surface area contributed by atoms with E-state index in [1.165, 1.54) is 0 Å². The van der Waals surface area contributed by atoms with Crippen LogP contribution in [0.2, 0.25) is 0 Å². The maximum Gasteiger partial charge on any atom is 0.168 e. The number of aliphatic hydroxyl groups is 1. The van der Waals surface area contributed by atoms with Crippen LogP contribution in [0.4, 0.5) is 0 Å². The molecule has 0 aliphatic carbocycles. The van der Waals surface area contributed by atoms with Gasteiger partial charge >= 0.3 is 0 Å². The number of rotatable bonds is 4. The summed E-state index contributed by atoms with van der Waals surface area (Å²) in [5.41, 5.74) is -0.364. The molecular weight excluding hydrogens is 240 g/mol. The molecule has 1 aliphatic rings. The van der Waals surface area contributed by atoms with Gasteiger partial charge in [0.2, 0.25) is 0 Å². The van der Waals surface area contributed by atoms with Gasteiger partial charge in [0, 0.05) is 6.42 Å². The Morgan fingerprint density at radius 2 is 2.12 bits per heavy atom. The van der Waals surface area contributed by atoms with Gasteiger partial charge in [-0.05, 0) is 39.9 Å². The fourth-order valence-corrected chi connectivity index (χ4v) is 2.04. The van der Waals surface area contributed by atoms with Gasteiger partial charge in [0.05, 0.1) is 30.3 Å². The molecular formula is C12H22O4S. The highest BCUT2D eigenvalue weighted by molar-refractivity contribution is 7.80. The first-order valence-corrected chi connectivity index (χ1v) is 6.34. The summed E-state index contributed by atoms with van der Waals surface area (Å²) in [7, 11) is 0. The third-order valence-corrected chi connectivity index (χ3v) is 3.55. The van der Waals surface area contributed by atoms with Gasteiger partial charge in [-0.1, -0.05) is 0 Å². The fraction of sp³-hybridized carbons (Fsp3) is 0.917. The van der Waals surface area contributed by atoms with Crippen LogP contribution in [0, 0.1) is 5.41 Å². The molecule has 1 aliphatic heterocycles. The van der Waals surface area contributed by atoms with Gasteiger partial charge in [0.25, 0.3) is 0 Å². The van der Waals surface area contributed by atoms with Crippen LogP contribution in [0.5, 0.6) is 0 Å². The Morgan fingerprint density at radius 1 is 1.47 bits per heavy atom. The zero-order chi connectivity index (χ0) is 13.1. The highest BCUT2D eigenvalue weighted by Crippen LogP contribution is 2.32.